The predicted molar refractivity (Wildman–Crippen MR) is 103 cm³/mol. The molecule has 0 aliphatic carbocycles. The maximum absolute atomic E-state index is 3.62. The first-order valence-corrected chi connectivity index (χ1v) is 8.94. The van der Waals surface area contributed by atoms with Gasteiger partial charge in [-0.15, -0.1) is 22.7 Å². The summed E-state index contributed by atoms with van der Waals surface area (Å²) in [4.78, 5) is 7.24. The Kier molecular flexibility index (Phi) is 1.91. The highest BCUT2D eigenvalue weighted by molar-refractivity contribution is 7.17. The van der Waals surface area contributed by atoms with E-state index in [0.29, 0.717) is 0 Å². The Morgan fingerprint density at radius 2 is 1.18 bits per heavy atom. The van der Waals surface area contributed by atoms with Crippen LogP contribution in [0.5, 0.6) is 0 Å². The largest absolute Gasteiger partial charge is 0.353 e. The second kappa shape index (κ2) is 3.72. The summed E-state index contributed by atoms with van der Waals surface area (Å²) in [7, 11) is 0. The SMILES string of the molecule is [HH].[HH].c1cc2cc3[nH]c4c5cc6sccc6cc5[nH]c4c3cc2s1. The van der Waals surface area contributed by atoms with E-state index in [1.54, 1.807) is 22.7 Å². The van der Waals surface area contributed by atoms with Gasteiger partial charge in [-0.3, -0.25) is 0 Å². The van der Waals surface area contributed by atoms with Crippen molar-refractivity contribution in [2.75, 3.05) is 0 Å². The number of thiophene rings is 2. The number of aromatic amines is 2. The molecule has 0 radical (unpaired) electrons. The molecule has 0 fully saturated rings. The molecule has 0 atom stereocenters. The third kappa shape index (κ3) is 1.30. The topological polar surface area (TPSA) is 31.6 Å². The van der Waals surface area contributed by atoms with Crippen LogP contribution < -0.4 is 0 Å². The summed E-state index contributed by atoms with van der Waals surface area (Å²) >= 11 is 3.60. The number of fused-ring (bicyclic) bond motifs is 7. The Morgan fingerprint density at radius 3 is 1.68 bits per heavy atom. The van der Waals surface area contributed by atoms with Crippen molar-refractivity contribution in [2.45, 2.75) is 0 Å². The van der Waals surface area contributed by atoms with Crippen LogP contribution in [0.15, 0.2) is 47.2 Å². The lowest BCUT2D eigenvalue weighted by atomic mass is 10.2. The van der Waals surface area contributed by atoms with Gasteiger partial charge in [0.1, 0.15) is 0 Å². The van der Waals surface area contributed by atoms with E-state index < -0.39 is 0 Å². The van der Waals surface area contributed by atoms with Crippen molar-refractivity contribution in [3.63, 3.8) is 0 Å². The highest BCUT2D eigenvalue weighted by Crippen LogP contribution is 2.37. The fraction of sp³-hybridized carbons (Fsp3) is 0. The zero-order chi connectivity index (χ0) is 14.3. The Balaban J connectivity index is 0.000000729. The van der Waals surface area contributed by atoms with Crippen LogP contribution in [0.4, 0.5) is 0 Å². The van der Waals surface area contributed by atoms with Gasteiger partial charge in [-0.1, -0.05) is 0 Å². The van der Waals surface area contributed by atoms with Crippen molar-refractivity contribution in [2.24, 2.45) is 0 Å². The van der Waals surface area contributed by atoms with Crippen LogP contribution in [0.25, 0.3) is 53.0 Å². The fourth-order valence-electron chi connectivity index (χ4n) is 3.44. The highest BCUT2D eigenvalue weighted by Gasteiger charge is 2.13. The molecule has 0 saturated heterocycles. The Hall–Kier alpha value is -2.30. The average molecular weight is 322 g/mol. The van der Waals surface area contributed by atoms with E-state index in [9.17, 15) is 0 Å². The second-order valence-corrected chi connectivity index (χ2v) is 7.61. The molecule has 4 heteroatoms. The van der Waals surface area contributed by atoms with E-state index in [1.807, 2.05) is 0 Å². The normalized spacial score (nSPS) is 12.5. The molecule has 6 rings (SSSR count). The van der Waals surface area contributed by atoms with Gasteiger partial charge in [0.25, 0.3) is 0 Å². The Labute approximate surface area is 136 Å². The first kappa shape index (κ1) is 11.3. The summed E-state index contributed by atoms with van der Waals surface area (Å²) in [6, 6.07) is 13.5. The third-order valence-electron chi connectivity index (χ3n) is 4.49. The van der Waals surface area contributed by atoms with Gasteiger partial charge in [-0.25, -0.2) is 0 Å². The summed E-state index contributed by atoms with van der Waals surface area (Å²) < 4.78 is 2.68. The quantitative estimate of drug-likeness (QED) is 0.311. The number of hydrogen-bond donors (Lipinski definition) is 2. The molecule has 2 aromatic carbocycles. The molecule has 6 aromatic rings. The molecule has 0 unspecified atom stereocenters. The summed E-state index contributed by atoms with van der Waals surface area (Å²) in [5.74, 6) is 0. The maximum Gasteiger partial charge on any atom is 0.0725 e. The predicted octanol–water partition coefficient (Wildman–Crippen LogP) is 6.72. The summed E-state index contributed by atoms with van der Waals surface area (Å²) in [5, 5.41) is 9.49. The highest BCUT2D eigenvalue weighted by atomic mass is 32.1. The molecule has 22 heavy (non-hydrogen) atoms. The fourth-order valence-corrected chi connectivity index (χ4v) is 5.06. The zero-order valence-corrected chi connectivity index (χ0v) is 13.1. The van der Waals surface area contributed by atoms with Crippen LogP contribution in [0.1, 0.15) is 2.85 Å². The summed E-state index contributed by atoms with van der Waals surface area (Å²) in [5.41, 5.74) is 4.86. The van der Waals surface area contributed by atoms with Gasteiger partial charge in [0.2, 0.25) is 0 Å². The first-order valence-electron chi connectivity index (χ1n) is 7.18. The van der Waals surface area contributed by atoms with Crippen molar-refractivity contribution < 1.29 is 2.85 Å². The third-order valence-corrected chi connectivity index (χ3v) is 6.25. The van der Waals surface area contributed by atoms with Crippen molar-refractivity contribution in [3.05, 3.63) is 47.2 Å². The van der Waals surface area contributed by atoms with Gasteiger partial charge in [-0.2, -0.15) is 0 Å². The number of hydrogen-bond acceptors (Lipinski definition) is 2. The Bertz CT molecular complexity index is 1230. The number of aromatic nitrogens is 2. The lowest BCUT2D eigenvalue weighted by Crippen LogP contribution is -1.72. The second-order valence-electron chi connectivity index (χ2n) is 5.71. The monoisotopic (exact) mass is 322 g/mol. The van der Waals surface area contributed by atoms with Gasteiger partial charge in [0, 0.05) is 34.1 Å². The average Bonchev–Trinajstić information content (AvgIpc) is 3.25. The molecule has 0 saturated carbocycles. The van der Waals surface area contributed by atoms with Crippen molar-refractivity contribution in [3.8, 4) is 0 Å². The molecule has 0 amide bonds. The van der Waals surface area contributed by atoms with E-state index in [-0.39, 0.29) is 2.85 Å². The molecule has 2 N–H and O–H groups in total. The van der Waals surface area contributed by atoms with Crippen LogP contribution in [0.3, 0.4) is 0 Å². The summed E-state index contributed by atoms with van der Waals surface area (Å²) in [6.45, 7) is 0. The minimum absolute atomic E-state index is 0. The molecular formula is C18H14N2S2. The maximum atomic E-state index is 3.62. The van der Waals surface area contributed by atoms with Crippen molar-refractivity contribution in [1.29, 1.82) is 0 Å². The minimum atomic E-state index is 0. The van der Waals surface area contributed by atoms with Gasteiger partial charge in [0.15, 0.2) is 0 Å². The standard InChI is InChI=1S/C18H10N2S2.2H2/c1-3-21-15-7-11-13(5-9(1)15)19-18-12-8-16-10(2-4-22-16)6-14(12)20-17(11)18;;/h1-8,19-20H;2*1H. The van der Waals surface area contributed by atoms with Crippen LogP contribution in [-0.4, -0.2) is 9.97 Å². The molecule has 4 heterocycles. The smallest absolute Gasteiger partial charge is 0.0725 e. The van der Waals surface area contributed by atoms with Gasteiger partial charge >= 0.3 is 0 Å². The number of nitrogens with one attached hydrogen (secondary N) is 2. The van der Waals surface area contributed by atoms with Crippen molar-refractivity contribution in [1.82, 2.24) is 9.97 Å². The van der Waals surface area contributed by atoms with Crippen LogP contribution in [0, 0.1) is 0 Å². The first-order chi connectivity index (χ1) is 10.9. The molecular weight excluding hydrogens is 308 g/mol. The lowest BCUT2D eigenvalue weighted by molar-refractivity contribution is 1.57. The zero-order valence-electron chi connectivity index (χ0n) is 11.4. The van der Waals surface area contributed by atoms with Crippen LogP contribution in [0.2, 0.25) is 0 Å². The molecule has 0 spiro atoms. The Morgan fingerprint density at radius 1 is 0.682 bits per heavy atom. The molecule has 4 aromatic heterocycles. The number of rotatable bonds is 0. The lowest BCUT2D eigenvalue weighted by Gasteiger charge is -1.94. The van der Waals surface area contributed by atoms with E-state index in [2.05, 4.69) is 57.1 Å². The minimum Gasteiger partial charge on any atom is -0.353 e. The van der Waals surface area contributed by atoms with E-state index in [0.717, 1.165) is 0 Å². The van der Waals surface area contributed by atoms with Crippen molar-refractivity contribution >= 4 is 75.7 Å². The molecule has 0 aliphatic heterocycles. The van der Waals surface area contributed by atoms with Crippen LogP contribution in [-0.2, 0) is 0 Å². The van der Waals surface area contributed by atoms with E-state index in [1.165, 1.54) is 53.0 Å². The number of benzene rings is 2. The molecule has 0 aliphatic rings. The molecule has 108 valence electrons. The number of H-pyrrole nitrogens is 2. The summed E-state index contributed by atoms with van der Waals surface area (Å²) in [6.07, 6.45) is 0. The van der Waals surface area contributed by atoms with Gasteiger partial charge < -0.3 is 9.97 Å². The van der Waals surface area contributed by atoms with Gasteiger partial charge in [-0.05, 0) is 57.9 Å². The van der Waals surface area contributed by atoms with Gasteiger partial charge in [0.05, 0.1) is 11.0 Å². The molecule has 2 nitrogen and oxygen atoms in total. The van der Waals surface area contributed by atoms with E-state index in [4.69, 9.17) is 0 Å². The molecule has 0 bridgehead atoms. The van der Waals surface area contributed by atoms with E-state index >= 15 is 0 Å². The van der Waals surface area contributed by atoms with Crippen LogP contribution >= 0.6 is 22.7 Å².